The van der Waals surface area contributed by atoms with Gasteiger partial charge in [0.1, 0.15) is 17.3 Å². The highest BCUT2D eigenvalue weighted by molar-refractivity contribution is 6.29. The van der Waals surface area contributed by atoms with Gasteiger partial charge in [-0.15, -0.1) is 0 Å². The normalized spacial score (nSPS) is 26.9. The fourth-order valence-corrected chi connectivity index (χ4v) is 1.96. The Morgan fingerprint density at radius 3 is 2.50 bits per heavy atom. The summed E-state index contributed by atoms with van der Waals surface area (Å²) >= 11 is 5.82. The zero-order valence-corrected chi connectivity index (χ0v) is 9.20. The Kier molecular flexibility index (Phi) is 2.59. The average Bonchev–Trinajstić information content (AvgIpc) is 2.47. The molecule has 2 unspecified atom stereocenters. The third kappa shape index (κ3) is 1.82. The number of anilines is 1. The van der Waals surface area contributed by atoms with Crippen LogP contribution in [0.3, 0.4) is 0 Å². The summed E-state index contributed by atoms with van der Waals surface area (Å²) in [5, 5.41) is 0.516. The minimum absolute atomic E-state index is 0.516. The maximum absolute atomic E-state index is 5.82. The second-order valence-electron chi connectivity index (χ2n) is 4.06. The SMILES string of the molecule is CC1CN(c2cc(Cl)ncn2)CC1C. The van der Waals surface area contributed by atoms with Crippen LogP contribution in [-0.4, -0.2) is 23.1 Å². The smallest absolute Gasteiger partial charge is 0.134 e. The minimum Gasteiger partial charge on any atom is -0.356 e. The van der Waals surface area contributed by atoms with Gasteiger partial charge in [0.15, 0.2) is 0 Å². The van der Waals surface area contributed by atoms with E-state index in [1.54, 1.807) is 0 Å². The first-order valence-corrected chi connectivity index (χ1v) is 5.27. The van der Waals surface area contributed by atoms with Gasteiger partial charge in [-0.3, -0.25) is 0 Å². The van der Waals surface area contributed by atoms with Gasteiger partial charge in [0, 0.05) is 19.2 Å². The maximum Gasteiger partial charge on any atom is 0.134 e. The molecule has 1 fully saturated rings. The molecule has 14 heavy (non-hydrogen) atoms. The van der Waals surface area contributed by atoms with Crippen LogP contribution in [0.25, 0.3) is 0 Å². The lowest BCUT2D eigenvalue weighted by atomic mass is 10.0. The van der Waals surface area contributed by atoms with Crippen molar-refractivity contribution in [3.05, 3.63) is 17.5 Å². The zero-order valence-electron chi connectivity index (χ0n) is 8.44. The molecule has 0 aromatic carbocycles. The highest BCUT2D eigenvalue weighted by Gasteiger charge is 2.26. The van der Waals surface area contributed by atoms with Crippen LogP contribution >= 0.6 is 11.6 Å². The van der Waals surface area contributed by atoms with Crippen molar-refractivity contribution in [2.45, 2.75) is 13.8 Å². The van der Waals surface area contributed by atoms with E-state index < -0.39 is 0 Å². The van der Waals surface area contributed by atoms with Crippen LogP contribution in [0.5, 0.6) is 0 Å². The van der Waals surface area contributed by atoms with E-state index in [4.69, 9.17) is 11.6 Å². The zero-order chi connectivity index (χ0) is 10.1. The fraction of sp³-hybridized carbons (Fsp3) is 0.600. The van der Waals surface area contributed by atoms with Gasteiger partial charge in [-0.25, -0.2) is 9.97 Å². The molecule has 1 saturated heterocycles. The van der Waals surface area contributed by atoms with Crippen molar-refractivity contribution in [3.8, 4) is 0 Å². The molecule has 1 aromatic rings. The van der Waals surface area contributed by atoms with Gasteiger partial charge < -0.3 is 4.90 Å². The van der Waals surface area contributed by atoms with Crippen LogP contribution < -0.4 is 4.90 Å². The van der Waals surface area contributed by atoms with Crippen LogP contribution in [0.2, 0.25) is 5.15 Å². The van der Waals surface area contributed by atoms with Gasteiger partial charge >= 0.3 is 0 Å². The summed E-state index contributed by atoms with van der Waals surface area (Å²) in [6.07, 6.45) is 1.52. The Bertz CT molecular complexity index is 319. The topological polar surface area (TPSA) is 29.0 Å². The Morgan fingerprint density at radius 2 is 1.93 bits per heavy atom. The summed E-state index contributed by atoms with van der Waals surface area (Å²) in [5.74, 6) is 2.40. The first-order valence-electron chi connectivity index (χ1n) is 4.89. The highest BCUT2D eigenvalue weighted by atomic mass is 35.5. The van der Waals surface area contributed by atoms with E-state index in [0.717, 1.165) is 30.7 Å². The van der Waals surface area contributed by atoms with Gasteiger partial charge in [0.05, 0.1) is 0 Å². The molecule has 0 amide bonds. The van der Waals surface area contributed by atoms with Crippen molar-refractivity contribution in [3.63, 3.8) is 0 Å². The predicted molar refractivity (Wildman–Crippen MR) is 57.6 cm³/mol. The molecule has 0 radical (unpaired) electrons. The van der Waals surface area contributed by atoms with E-state index >= 15 is 0 Å². The second-order valence-corrected chi connectivity index (χ2v) is 4.45. The third-order valence-corrected chi connectivity index (χ3v) is 3.14. The van der Waals surface area contributed by atoms with Gasteiger partial charge in [-0.2, -0.15) is 0 Å². The molecular weight excluding hydrogens is 198 g/mol. The van der Waals surface area contributed by atoms with Crippen LogP contribution in [0.1, 0.15) is 13.8 Å². The quantitative estimate of drug-likeness (QED) is 0.667. The molecule has 0 aliphatic carbocycles. The third-order valence-electron chi connectivity index (χ3n) is 2.93. The standard InChI is InChI=1S/C10H14ClN3/c1-7-4-14(5-8(7)2)10-3-9(11)12-6-13-10/h3,6-8H,4-5H2,1-2H3. The number of nitrogens with zero attached hydrogens (tertiary/aromatic N) is 3. The molecule has 1 aliphatic heterocycles. The van der Waals surface area contributed by atoms with Gasteiger partial charge in [0.25, 0.3) is 0 Å². The van der Waals surface area contributed by atoms with E-state index in [9.17, 15) is 0 Å². The molecule has 2 heterocycles. The largest absolute Gasteiger partial charge is 0.356 e. The summed E-state index contributed by atoms with van der Waals surface area (Å²) in [7, 11) is 0. The lowest BCUT2D eigenvalue weighted by Gasteiger charge is -2.16. The summed E-state index contributed by atoms with van der Waals surface area (Å²) in [6, 6.07) is 1.83. The monoisotopic (exact) mass is 211 g/mol. The molecule has 2 rings (SSSR count). The van der Waals surface area contributed by atoms with E-state index in [1.807, 2.05) is 6.07 Å². The summed E-state index contributed by atoms with van der Waals surface area (Å²) in [5.41, 5.74) is 0. The van der Waals surface area contributed by atoms with E-state index in [1.165, 1.54) is 6.33 Å². The Balaban J connectivity index is 2.17. The molecule has 76 valence electrons. The molecule has 0 spiro atoms. The van der Waals surface area contributed by atoms with E-state index in [2.05, 4.69) is 28.7 Å². The van der Waals surface area contributed by atoms with Crippen molar-refractivity contribution in [1.29, 1.82) is 0 Å². The lowest BCUT2D eigenvalue weighted by molar-refractivity contribution is 0.494. The molecule has 0 saturated carbocycles. The average molecular weight is 212 g/mol. The van der Waals surface area contributed by atoms with Crippen molar-refractivity contribution >= 4 is 17.4 Å². The lowest BCUT2D eigenvalue weighted by Crippen LogP contribution is -2.20. The van der Waals surface area contributed by atoms with Gasteiger partial charge in [-0.05, 0) is 11.8 Å². The summed E-state index contributed by atoms with van der Waals surface area (Å²) < 4.78 is 0. The summed E-state index contributed by atoms with van der Waals surface area (Å²) in [6.45, 7) is 6.67. The maximum atomic E-state index is 5.82. The van der Waals surface area contributed by atoms with Crippen molar-refractivity contribution < 1.29 is 0 Å². The second kappa shape index (κ2) is 3.73. The number of halogens is 1. The van der Waals surface area contributed by atoms with Crippen LogP contribution in [-0.2, 0) is 0 Å². The molecular formula is C10H14ClN3. The summed E-state index contributed by atoms with van der Waals surface area (Å²) in [4.78, 5) is 10.4. The molecule has 4 heteroatoms. The first kappa shape index (κ1) is 9.71. The number of hydrogen-bond acceptors (Lipinski definition) is 3. The fourth-order valence-electron chi connectivity index (χ4n) is 1.81. The van der Waals surface area contributed by atoms with Gasteiger partial charge in [-0.1, -0.05) is 25.4 Å². The number of aromatic nitrogens is 2. The van der Waals surface area contributed by atoms with Crippen LogP contribution in [0, 0.1) is 11.8 Å². The predicted octanol–water partition coefficient (Wildman–Crippen LogP) is 2.22. The van der Waals surface area contributed by atoms with Crippen molar-refractivity contribution in [2.24, 2.45) is 11.8 Å². The van der Waals surface area contributed by atoms with Crippen LogP contribution in [0.4, 0.5) is 5.82 Å². The van der Waals surface area contributed by atoms with Gasteiger partial charge in [0.2, 0.25) is 0 Å². The van der Waals surface area contributed by atoms with E-state index in [-0.39, 0.29) is 0 Å². The molecule has 0 N–H and O–H groups in total. The molecule has 1 aromatic heterocycles. The first-order chi connectivity index (χ1) is 6.66. The van der Waals surface area contributed by atoms with Crippen molar-refractivity contribution in [1.82, 2.24) is 9.97 Å². The molecule has 1 aliphatic rings. The minimum atomic E-state index is 0.516. The molecule has 2 atom stereocenters. The molecule has 0 bridgehead atoms. The Labute approximate surface area is 89.1 Å². The van der Waals surface area contributed by atoms with E-state index in [0.29, 0.717) is 5.15 Å². The molecule has 3 nitrogen and oxygen atoms in total. The van der Waals surface area contributed by atoms with Crippen LogP contribution in [0.15, 0.2) is 12.4 Å². The van der Waals surface area contributed by atoms with Crippen molar-refractivity contribution in [2.75, 3.05) is 18.0 Å². The number of hydrogen-bond donors (Lipinski definition) is 0. The Morgan fingerprint density at radius 1 is 1.29 bits per heavy atom. The highest BCUT2D eigenvalue weighted by Crippen LogP contribution is 2.26. The number of rotatable bonds is 1. The Hall–Kier alpha value is -0.830.